The van der Waals surface area contributed by atoms with Gasteiger partial charge in [-0.1, -0.05) is 36.4 Å². The van der Waals surface area contributed by atoms with Gasteiger partial charge in [-0.15, -0.1) is 0 Å². The van der Waals surface area contributed by atoms with Gasteiger partial charge in [0.05, 0.1) is 38.4 Å². The number of fused-ring (bicyclic) bond motifs is 1. The largest absolute Gasteiger partial charge is 0.493 e. The average molecular weight is 457 g/mol. The number of rotatable bonds is 6. The summed E-state index contributed by atoms with van der Waals surface area (Å²) in [7, 11) is 4.58. The molecule has 1 saturated heterocycles. The Morgan fingerprint density at radius 2 is 1.29 bits per heavy atom. The molecule has 0 aliphatic carbocycles. The molecule has 3 aromatic rings. The minimum atomic E-state index is -0.802. The van der Waals surface area contributed by atoms with Gasteiger partial charge in [-0.05, 0) is 36.4 Å². The van der Waals surface area contributed by atoms with Gasteiger partial charge in [0.2, 0.25) is 11.7 Å². The second-order valence-corrected chi connectivity index (χ2v) is 7.85. The predicted molar refractivity (Wildman–Crippen MR) is 128 cm³/mol. The van der Waals surface area contributed by atoms with Crippen molar-refractivity contribution in [1.82, 2.24) is 0 Å². The number of carbonyl (C=O) groups excluding carboxylic acids is 2. The second-order valence-electron chi connectivity index (χ2n) is 7.85. The summed E-state index contributed by atoms with van der Waals surface area (Å²) < 4.78 is 16.4. The minimum absolute atomic E-state index is 0.323. The van der Waals surface area contributed by atoms with Gasteiger partial charge in [0.25, 0.3) is 5.91 Å². The molecule has 3 aromatic carbocycles. The molecule has 2 heterocycles. The van der Waals surface area contributed by atoms with E-state index in [1.807, 2.05) is 36.4 Å². The van der Waals surface area contributed by atoms with Crippen LogP contribution in [-0.2, 0) is 9.59 Å². The maximum Gasteiger partial charge on any atom is 0.259 e. The van der Waals surface area contributed by atoms with Crippen molar-refractivity contribution in [2.24, 2.45) is 11.0 Å². The lowest BCUT2D eigenvalue weighted by Gasteiger charge is -2.22. The van der Waals surface area contributed by atoms with Gasteiger partial charge >= 0.3 is 0 Å². The summed E-state index contributed by atoms with van der Waals surface area (Å²) in [5.41, 5.74) is 2.32. The number of benzene rings is 3. The first-order valence-corrected chi connectivity index (χ1v) is 10.7. The Morgan fingerprint density at radius 3 is 1.82 bits per heavy atom. The molecule has 8 nitrogen and oxygen atoms in total. The Balaban J connectivity index is 1.67. The summed E-state index contributed by atoms with van der Waals surface area (Å²) in [6, 6.07) is 21.0. The smallest absolute Gasteiger partial charge is 0.259 e. The van der Waals surface area contributed by atoms with Crippen molar-refractivity contribution in [3.05, 3.63) is 78.4 Å². The summed E-state index contributed by atoms with van der Waals surface area (Å²) >= 11 is 0. The number of ether oxygens (including phenoxy) is 3. The first-order valence-electron chi connectivity index (χ1n) is 10.7. The minimum Gasteiger partial charge on any atom is -0.493 e. The zero-order valence-electron chi connectivity index (χ0n) is 19.0. The first-order chi connectivity index (χ1) is 16.6. The van der Waals surface area contributed by atoms with Crippen LogP contribution in [0, 0.1) is 5.92 Å². The van der Waals surface area contributed by atoms with Crippen LogP contribution in [-0.4, -0.2) is 44.9 Å². The van der Waals surface area contributed by atoms with Gasteiger partial charge in [0, 0.05) is 5.56 Å². The van der Waals surface area contributed by atoms with E-state index in [-0.39, 0.29) is 11.8 Å². The highest BCUT2D eigenvalue weighted by Crippen LogP contribution is 2.43. The van der Waals surface area contributed by atoms with Gasteiger partial charge in [-0.2, -0.15) is 5.10 Å². The fraction of sp³-hybridized carbons (Fsp3) is 0.192. The van der Waals surface area contributed by atoms with E-state index >= 15 is 0 Å². The number of para-hydroxylation sites is 2. The third kappa shape index (κ3) is 3.26. The van der Waals surface area contributed by atoms with Crippen molar-refractivity contribution in [3.63, 3.8) is 0 Å². The van der Waals surface area contributed by atoms with E-state index in [0.29, 0.717) is 34.2 Å². The highest BCUT2D eigenvalue weighted by Gasteiger charge is 2.57. The topological polar surface area (TPSA) is 80.7 Å². The van der Waals surface area contributed by atoms with Crippen LogP contribution in [0.3, 0.4) is 0 Å². The molecule has 0 radical (unpaired) electrons. The van der Waals surface area contributed by atoms with Crippen LogP contribution in [0.25, 0.3) is 0 Å². The van der Waals surface area contributed by atoms with Gasteiger partial charge in [0.1, 0.15) is 12.0 Å². The Kier molecular flexibility index (Phi) is 5.41. The van der Waals surface area contributed by atoms with Crippen LogP contribution in [0.5, 0.6) is 17.2 Å². The van der Waals surface area contributed by atoms with Crippen molar-refractivity contribution in [2.45, 2.75) is 6.04 Å². The number of hydrazone groups is 1. The lowest BCUT2D eigenvalue weighted by molar-refractivity contribution is -0.121. The van der Waals surface area contributed by atoms with Crippen LogP contribution in [0.2, 0.25) is 0 Å². The van der Waals surface area contributed by atoms with Crippen molar-refractivity contribution < 1.29 is 23.8 Å². The average Bonchev–Trinajstić information content (AvgIpc) is 3.40. The number of hydrogen-bond acceptors (Lipinski definition) is 7. The zero-order valence-corrected chi connectivity index (χ0v) is 19.0. The number of anilines is 2. The maximum absolute atomic E-state index is 13.7. The van der Waals surface area contributed by atoms with E-state index in [1.165, 1.54) is 26.2 Å². The van der Waals surface area contributed by atoms with Crippen LogP contribution in [0.4, 0.5) is 11.4 Å². The molecule has 2 aliphatic heterocycles. The molecule has 0 aromatic heterocycles. The number of hydrogen-bond donors (Lipinski definition) is 0. The Morgan fingerprint density at radius 1 is 0.735 bits per heavy atom. The molecule has 0 bridgehead atoms. The monoisotopic (exact) mass is 457 g/mol. The normalized spacial score (nSPS) is 19.2. The summed E-state index contributed by atoms with van der Waals surface area (Å²) in [6.07, 6.45) is 0. The molecule has 1 fully saturated rings. The number of methoxy groups -OCH3 is 3. The van der Waals surface area contributed by atoms with E-state index in [1.54, 1.807) is 41.4 Å². The molecule has 2 atom stereocenters. The standard InChI is InChI=1S/C26H23N3O5/c1-32-19-14-16(15-20(33-2)24(19)34-3)22-21-23(29(27-22)18-12-8-5-9-13-18)26(31)28(25(21)30)17-10-6-4-7-11-17/h4-15,21,23H,1-3H3/t21-,23+/m0/s1. The fourth-order valence-corrected chi connectivity index (χ4v) is 4.51. The number of carbonyl (C=O) groups is 2. The van der Waals surface area contributed by atoms with E-state index in [2.05, 4.69) is 0 Å². The van der Waals surface area contributed by atoms with E-state index in [0.717, 1.165) is 5.69 Å². The second kappa shape index (κ2) is 8.55. The van der Waals surface area contributed by atoms with Crippen LogP contribution in [0.1, 0.15) is 5.56 Å². The fourth-order valence-electron chi connectivity index (χ4n) is 4.51. The molecule has 2 aliphatic rings. The first kappa shape index (κ1) is 21.5. The zero-order chi connectivity index (χ0) is 23.8. The highest BCUT2D eigenvalue weighted by molar-refractivity contribution is 6.34. The third-order valence-corrected chi connectivity index (χ3v) is 6.04. The Labute approximate surface area is 197 Å². The van der Waals surface area contributed by atoms with Crippen molar-refractivity contribution in [1.29, 1.82) is 0 Å². The number of imide groups is 1. The molecule has 0 saturated carbocycles. The molecule has 34 heavy (non-hydrogen) atoms. The van der Waals surface area contributed by atoms with Crippen LogP contribution < -0.4 is 24.1 Å². The summed E-state index contributed by atoms with van der Waals surface area (Å²) in [5.74, 6) is -0.139. The predicted octanol–water partition coefficient (Wildman–Crippen LogP) is 3.49. The van der Waals surface area contributed by atoms with Crippen molar-refractivity contribution in [3.8, 4) is 17.2 Å². The van der Waals surface area contributed by atoms with Gasteiger partial charge in [-0.3, -0.25) is 14.6 Å². The SMILES string of the molecule is COc1cc(C2=NN(c3ccccc3)[C@H]3C(=O)N(c4ccccc4)C(=O)[C@@H]23)cc(OC)c1OC. The van der Waals surface area contributed by atoms with Crippen molar-refractivity contribution in [2.75, 3.05) is 31.2 Å². The molecule has 2 amide bonds. The van der Waals surface area contributed by atoms with Gasteiger partial charge < -0.3 is 14.2 Å². The Bertz CT molecular complexity index is 1250. The van der Waals surface area contributed by atoms with E-state index < -0.39 is 12.0 Å². The van der Waals surface area contributed by atoms with E-state index in [4.69, 9.17) is 19.3 Å². The molecule has 5 rings (SSSR count). The quantitative estimate of drug-likeness (QED) is 0.527. The van der Waals surface area contributed by atoms with Crippen LogP contribution >= 0.6 is 0 Å². The molecular weight excluding hydrogens is 434 g/mol. The van der Waals surface area contributed by atoms with Crippen LogP contribution in [0.15, 0.2) is 77.9 Å². The maximum atomic E-state index is 13.7. The number of nitrogens with zero attached hydrogens (tertiary/aromatic N) is 3. The Hall–Kier alpha value is -4.33. The molecule has 172 valence electrons. The summed E-state index contributed by atoms with van der Waals surface area (Å²) in [5, 5.41) is 6.41. The molecular formula is C26H23N3O5. The highest BCUT2D eigenvalue weighted by atomic mass is 16.5. The van der Waals surface area contributed by atoms with Gasteiger partial charge in [-0.25, -0.2) is 4.90 Å². The molecule has 0 unspecified atom stereocenters. The number of amides is 2. The molecule has 0 N–H and O–H groups in total. The molecule has 0 spiro atoms. The summed E-state index contributed by atoms with van der Waals surface area (Å²) in [4.78, 5) is 28.6. The lowest BCUT2D eigenvalue weighted by Crippen LogP contribution is -2.39. The van der Waals surface area contributed by atoms with Crippen molar-refractivity contribution >= 4 is 28.9 Å². The lowest BCUT2D eigenvalue weighted by atomic mass is 9.92. The third-order valence-electron chi connectivity index (χ3n) is 6.04. The van der Waals surface area contributed by atoms with Gasteiger partial charge in [0.15, 0.2) is 11.5 Å². The summed E-state index contributed by atoms with van der Waals surface area (Å²) in [6.45, 7) is 0. The molecule has 8 heteroatoms. The van der Waals surface area contributed by atoms with E-state index in [9.17, 15) is 9.59 Å².